The molecule has 0 aliphatic carbocycles. The summed E-state index contributed by atoms with van der Waals surface area (Å²) in [6.45, 7) is 13.9. The van der Waals surface area contributed by atoms with E-state index in [9.17, 15) is 14.4 Å². The fraction of sp³-hybridized carbons (Fsp3) is 0.842. The molecule has 0 saturated carbocycles. The summed E-state index contributed by atoms with van der Waals surface area (Å²) in [5, 5.41) is 2.79. The molecule has 150 valence electrons. The van der Waals surface area contributed by atoms with E-state index in [1.165, 1.54) is 0 Å². The Balaban J connectivity index is 3.01. The zero-order valence-corrected chi connectivity index (χ0v) is 18.0. The van der Waals surface area contributed by atoms with Crippen molar-refractivity contribution in [3.05, 3.63) is 0 Å². The summed E-state index contributed by atoms with van der Waals surface area (Å²) >= 11 is 1.58. The van der Waals surface area contributed by atoms with Gasteiger partial charge in [-0.25, -0.2) is 0 Å². The van der Waals surface area contributed by atoms with E-state index in [4.69, 9.17) is 5.73 Å². The van der Waals surface area contributed by atoms with Crippen LogP contribution in [-0.4, -0.2) is 45.3 Å². The second-order valence-corrected chi connectivity index (χ2v) is 10.4. The van der Waals surface area contributed by atoms with Crippen molar-refractivity contribution < 1.29 is 14.4 Å². The number of nitrogens with two attached hydrogens (primary N) is 1. The lowest BCUT2D eigenvalue weighted by Gasteiger charge is -2.35. The first kappa shape index (κ1) is 22.8. The average Bonchev–Trinajstić information content (AvgIpc) is 2.83. The third-order valence-electron chi connectivity index (χ3n) is 5.25. The van der Waals surface area contributed by atoms with Gasteiger partial charge in [0.25, 0.3) is 0 Å². The van der Waals surface area contributed by atoms with Crippen molar-refractivity contribution >= 4 is 29.5 Å². The van der Waals surface area contributed by atoms with Gasteiger partial charge in [-0.15, -0.1) is 11.8 Å². The zero-order valence-electron chi connectivity index (χ0n) is 17.2. The summed E-state index contributed by atoms with van der Waals surface area (Å²) in [5.74, 6) is -0.592. The van der Waals surface area contributed by atoms with Crippen molar-refractivity contribution in [1.29, 1.82) is 0 Å². The Labute approximate surface area is 162 Å². The molecule has 0 aromatic rings. The highest BCUT2D eigenvalue weighted by atomic mass is 32.2. The van der Waals surface area contributed by atoms with Gasteiger partial charge < -0.3 is 16.0 Å². The van der Waals surface area contributed by atoms with E-state index in [2.05, 4.69) is 5.32 Å². The molecule has 0 aromatic heterocycles. The highest BCUT2D eigenvalue weighted by molar-refractivity contribution is 8.00. The quantitative estimate of drug-likeness (QED) is 0.704. The molecule has 26 heavy (non-hydrogen) atoms. The van der Waals surface area contributed by atoms with E-state index in [0.717, 1.165) is 12.8 Å². The fourth-order valence-electron chi connectivity index (χ4n) is 2.98. The summed E-state index contributed by atoms with van der Waals surface area (Å²) in [7, 11) is 0. The minimum absolute atomic E-state index is 0.0279. The van der Waals surface area contributed by atoms with Crippen LogP contribution in [0.1, 0.15) is 67.7 Å². The maximum atomic E-state index is 13.0. The predicted octanol–water partition coefficient (Wildman–Crippen LogP) is 2.51. The maximum absolute atomic E-state index is 13.0. The summed E-state index contributed by atoms with van der Waals surface area (Å²) in [6, 6.07) is -1.31. The van der Waals surface area contributed by atoms with E-state index >= 15 is 0 Å². The third-order valence-corrected chi connectivity index (χ3v) is 6.63. The Bertz CT molecular complexity index is 543. The van der Waals surface area contributed by atoms with Gasteiger partial charge in [-0.05, 0) is 25.7 Å². The monoisotopic (exact) mass is 385 g/mol. The maximum Gasteiger partial charge on any atom is 0.244 e. The zero-order chi connectivity index (χ0) is 20.3. The summed E-state index contributed by atoms with van der Waals surface area (Å²) in [4.78, 5) is 39.4. The van der Waals surface area contributed by atoms with Gasteiger partial charge in [0, 0.05) is 10.7 Å². The Hall–Kier alpha value is -1.24. The number of carbonyl (C=O) groups excluding carboxylic acids is 3. The van der Waals surface area contributed by atoms with Gasteiger partial charge in [0.1, 0.15) is 12.1 Å². The predicted molar refractivity (Wildman–Crippen MR) is 106 cm³/mol. The van der Waals surface area contributed by atoms with Gasteiger partial charge in [0.2, 0.25) is 17.7 Å². The Morgan fingerprint density at radius 3 is 2.35 bits per heavy atom. The van der Waals surface area contributed by atoms with Gasteiger partial charge in [-0.1, -0.05) is 47.5 Å². The number of thioether (sulfide) groups is 1. The van der Waals surface area contributed by atoms with Crippen molar-refractivity contribution in [2.45, 2.75) is 84.6 Å². The molecule has 3 atom stereocenters. The second kappa shape index (κ2) is 8.63. The van der Waals surface area contributed by atoms with Crippen LogP contribution in [0, 0.1) is 11.3 Å². The third kappa shape index (κ3) is 5.38. The number of primary amides is 1. The minimum Gasteiger partial charge on any atom is -0.368 e. The van der Waals surface area contributed by atoms with Gasteiger partial charge >= 0.3 is 0 Å². The Morgan fingerprint density at radius 2 is 1.88 bits per heavy atom. The lowest BCUT2D eigenvalue weighted by atomic mass is 9.81. The summed E-state index contributed by atoms with van der Waals surface area (Å²) in [5.41, 5.74) is 5.26. The van der Waals surface area contributed by atoms with Crippen molar-refractivity contribution in [3.8, 4) is 0 Å². The molecule has 0 spiro atoms. The van der Waals surface area contributed by atoms with Crippen LogP contribution < -0.4 is 11.1 Å². The summed E-state index contributed by atoms with van der Waals surface area (Å²) < 4.78 is -0.426. The molecule has 7 heteroatoms. The van der Waals surface area contributed by atoms with Gasteiger partial charge in [0.05, 0.1) is 5.88 Å². The van der Waals surface area contributed by atoms with Crippen molar-refractivity contribution in [3.63, 3.8) is 0 Å². The van der Waals surface area contributed by atoms with Crippen LogP contribution in [0.3, 0.4) is 0 Å². The molecule has 3 N–H and O–H groups in total. The number of nitrogens with zero attached hydrogens (tertiary/aromatic N) is 1. The molecule has 1 aliphatic rings. The molecule has 1 aliphatic heterocycles. The van der Waals surface area contributed by atoms with Crippen LogP contribution in [-0.2, 0) is 14.4 Å². The highest BCUT2D eigenvalue weighted by Gasteiger charge is 2.49. The molecule has 0 bridgehead atoms. The van der Waals surface area contributed by atoms with Crippen LogP contribution in [0.2, 0.25) is 0 Å². The number of hydrogen-bond donors (Lipinski definition) is 2. The molecule has 1 rings (SSSR count). The first-order chi connectivity index (χ1) is 11.8. The van der Waals surface area contributed by atoms with E-state index in [-0.39, 0.29) is 23.1 Å². The lowest BCUT2D eigenvalue weighted by Crippen LogP contribution is -2.58. The van der Waals surface area contributed by atoms with Crippen LogP contribution >= 0.6 is 11.8 Å². The number of amides is 3. The normalized spacial score (nSPS) is 22.0. The van der Waals surface area contributed by atoms with E-state index in [0.29, 0.717) is 12.3 Å². The van der Waals surface area contributed by atoms with Crippen molar-refractivity contribution in [2.24, 2.45) is 17.1 Å². The minimum atomic E-state index is -0.694. The number of nitrogens with one attached hydrogen (secondary N) is 1. The van der Waals surface area contributed by atoms with E-state index in [1.807, 2.05) is 48.5 Å². The Morgan fingerprint density at radius 1 is 1.31 bits per heavy atom. The molecule has 3 amide bonds. The second-order valence-electron chi connectivity index (χ2n) is 8.78. The largest absolute Gasteiger partial charge is 0.368 e. The standard InChI is InChI=1S/C19H35N3O3S/c1-8-9-10-13(15(20)23)21-16(24)14-19(6,7)26-11-22(14)17(25)12(2)18(3,4)5/h12-14H,8-11H2,1-7H3,(H2,20,23)(H,21,24)/t12-,13+,14?/m1/s1. The molecule has 1 heterocycles. The van der Waals surface area contributed by atoms with E-state index < -0.39 is 22.7 Å². The number of hydrogen-bond acceptors (Lipinski definition) is 4. The highest BCUT2D eigenvalue weighted by Crippen LogP contribution is 2.41. The molecule has 6 nitrogen and oxygen atoms in total. The molecule has 1 saturated heterocycles. The van der Waals surface area contributed by atoms with Gasteiger partial charge in [-0.2, -0.15) is 0 Å². The molecular weight excluding hydrogens is 350 g/mol. The van der Waals surface area contributed by atoms with Crippen LogP contribution in [0.15, 0.2) is 0 Å². The Kier molecular flexibility index (Phi) is 7.57. The van der Waals surface area contributed by atoms with Crippen molar-refractivity contribution in [1.82, 2.24) is 10.2 Å². The van der Waals surface area contributed by atoms with Gasteiger partial charge in [0.15, 0.2) is 0 Å². The molecule has 1 unspecified atom stereocenters. The molecular formula is C19H35N3O3S. The first-order valence-corrected chi connectivity index (χ1v) is 10.4. The molecule has 0 radical (unpaired) electrons. The van der Waals surface area contributed by atoms with Gasteiger partial charge in [-0.3, -0.25) is 14.4 Å². The first-order valence-electron chi connectivity index (χ1n) is 9.37. The van der Waals surface area contributed by atoms with Crippen molar-refractivity contribution in [2.75, 3.05) is 5.88 Å². The topological polar surface area (TPSA) is 92.5 Å². The van der Waals surface area contributed by atoms with Crippen LogP contribution in [0.5, 0.6) is 0 Å². The lowest BCUT2D eigenvalue weighted by molar-refractivity contribution is -0.145. The summed E-state index contributed by atoms with van der Waals surface area (Å²) in [6.07, 6.45) is 2.24. The van der Waals surface area contributed by atoms with E-state index in [1.54, 1.807) is 16.7 Å². The van der Waals surface area contributed by atoms with Crippen LogP contribution in [0.25, 0.3) is 0 Å². The van der Waals surface area contributed by atoms with Crippen LogP contribution in [0.4, 0.5) is 0 Å². The molecule has 1 fully saturated rings. The smallest absolute Gasteiger partial charge is 0.244 e. The fourth-order valence-corrected chi connectivity index (χ4v) is 4.12. The SMILES string of the molecule is CCCC[C@H](NC(=O)C1N(C(=O)[C@@H](C)C(C)(C)C)CSC1(C)C)C(N)=O. The number of unbranched alkanes of at least 4 members (excludes halogenated alkanes) is 1. The number of carbonyl (C=O) groups is 3. The number of rotatable bonds is 7. The average molecular weight is 386 g/mol. The molecule has 0 aromatic carbocycles.